The van der Waals surface area contributed by atoms with E-state index in [0.717, 1.165) is 0 Å². The van der Waals surface area contributed by atoms with Crippen molar-refractivity contribution in [1.82, 2.24) is 0 Å². The van der Waals surface area contributed by atoms with Gasteiger partial charge in [0.05, 0.1) is 15.7 Å². The quantitative estimate of drug-likeness (QED) is 0.887. The number of carboxylic acids is 1. The van der Waals surface area contributed by atoms with Crippen LogP contribution in [0.2, 0.25) is 15.1 Å². The Labute approximate surface area is 129 Å². The van der Waals surface area contributed by atoms with Gasteiger partial charge in [0, 0.05) is 5.02 Å². The van der Waals surface area contributed by atoms with E-state index >= 15 is 0 Å². The van der Waals surface area contributed by atoms with Crippen molar-refractivity contribution in [2.24, 2.45) is 0 Å². The van der Waals surface area contributed by atoms with Gasteiger partial charge in [-0.3, -0.25) is 4.79 Å². The number of hydrogen-bond acceptors (Lipinski definition) is 3. The molecule has 2 N–H and O–H groups in total. The van der Waals surface area contributed by atoms with E-state index in [2.05, 4.69) is 5.32 Å². The molecule has 1 amide bonds. The standard InChI is InChI=1S/C12H10Cl3NO4/c13-5-3-6(14)10(7(15)4-5)16-11(17)8-1-2-9(20-8)12(18)19/h3-4,8-9H,1-2H2,(H,16,17)(H,18,19). The number of amides is 1. The van der Waals surface area contributed by atoms with Crippen LogP contribution in [0.15, 0.2) is 12.1 Å². The Morgan fingerprint density at radius 3 is 2.20 bits per heavy atom. The van der Waals surface area contributed by atoms with Gasteiger partial charge in [-0.25, -0.2) is 4.79 Å². The highest BCUT2D eigenvalue weighted by Crippen LogP contribution is 2.34. The molecule has 1 aromatic carbocycles. The number of benzene rings is 1. The van der Waals surface area contributed by atoms with Crippen LogP contribution in [0, 0.1) is 0 Å². The molecule has 1 heterocycles. The summed E-state index contributed by atoms with van der Waals surface area (Å²) in [6.45, 7) is 0. The van der Waals surface area contributed by atoms with E-state index in [1.54, 1.807) is 0 Å². The molecule has 1 aliphatic rings. The Morgan fingerprint density at radius 1 is 1.15 bits per heavy atom. The van der Waals surface area contributed by atoms with Gasteiger partial charge in [-0.05, 0) is 25.0 Å². The van der Waals surface area contributed by atoms with Crippen molar-refractivity contribution < 1.29 is 19.4 Å². The lowest BCUT2D eigenvalue weighted by Crippen LogP contribution is -2.30. The van der Waals surface area contributed by atoms with Crippen LogP contribution in [-0.2, 0) is 14.3 Å². The van der Waals surface area contributed by atoms with Gasteiger partial charge in [-0.2, -0.15) is 0 Å². The molecular formula is C12H10Cl3NO4. The predicted octanol–water partition coefficient (Wildman–Crippen LogP) is 3.22. The highest BCUT2D eigenvalue weighted by molar-refractivity contribution is 6.42. The summed E-state index contributed by atoms with van der Waals surface area (Å²) in [6.07, 6.45) is -1.18. The van der Waals surface area contributed by atoms with Crippen LogP contribution in [0.4, 0.5) is 5.69 Å². The summed E-state index contributed by atoms with van der Waals surface area (Å²) < 4.78 is 5.14. The third-order valence-electron chi connectivity index (χ3n) is 2.84. The zero-order valence-electron chi connectivity index (χ0n) is 10.0. The number of carboxylic acid groups (broad SMARTS) is 1. The van der Waals surface area contributed by atoms with Crippen molar-refractivity contribution in [3.8, 4) is 0 Å². The van der Waals surface area contributed by atoms with Crippen molar-refractivity contribution in [3.05, 3.63) is 27.2 Å². The minimum atomic E-state index is -1.08. The van der Waals surface area contributed by atoms with Gasteiger partial charge in [-0.1, -0.05) is 34.8 Å². The first-order valence-electron chi connectivity index (χ1n) is 5.72. The summed E-state index contributed by atoms with van der Waals surface area (Å²) in [5.41, 5.74) is 0.227. The van der Waals surface area contributed by atoms with Gasteiger partial charge in [-0.15, -0.1) is 0 Å². The molecular weight excluding hydrogens is 328 g/mol. The highest BCUT2D eigenvalue weighted by atomic mass is 35.5. The lowest BCUT2D eigenvalue weighted by atomic mass is 10.2. The minimum Gasteiger partial charge on any atom is -0.479 e. The molecule has 1 aliphatic heterocycles. The summed E-state index contributed by atoms with van der Waals surface area (Å²) in [7, 11) is 0. The monoisotopic (exact) mass is 337 g/mol. The molecule has 20 heavy (non-hydrogen) atoms. The maximum absolute atomic E-state index is 12.0. The molecule has 108 valence electrons. The number of rotatable bonds is 3. The maximum Gasteiger partial charge on any atom is 0.332 e. The molecule has 0 bridgehead atoms. The van der Waals surface area contributed by atoms with E-state index in [1.807, 2.05) is 0 Å². The van der Waals surface area contributed by atoms with Crippen molar-refractivity contribution in [1.29, 1.82) is 0 Å². The average Bonchev–Trinajstić information content (AvgIpc) is 2.83. The summed E-state index contributed by atoms with van der Waals surface area (Å²) in [5, 5.41) is 12.1. The second-order valence-electron chi connectivity index (χ2n) is 4.26. The normalized spacial score (nSPS) is 21.8. The van der Waals surface area contributed by atoms with Crippen LogP contribution in [0.1, 0.15) is 12.8 Å². The van der Waals surface area contributed by atoms with Crippen molar-refractivity contribution in [3.63, 3.8) is 0 Å². The lowest BCUT2D eigenvalue weighted by molar-refractivity contribution is -0.150. The number of carbonyl (C=O) groups is 2. The number of halogens is 3. The zero-order valence-corrected chi connectivity index (χ0v) is 12.3. The smallest absolute Gasteiger partial charge is 0.332 e. The average molecular weight is 339 g/mol. The number of aliphatic carboxylic acids is 1. The summed E-state index contributed by atoms with van der Waals surface area (Å²) in [6, 6.07) is 2.89. The largest absolute Gasteiger partial charge is 0.479 e. The third kappa shape index (κ3) is 3.35. The van der Waals surface area contributed by atoms with Crippen LogP contribution in [0.3, 0.4) is 0 Å². The molecule has 1 fully saturated rings. The van der Waals surface area contributed by atoms with Crippen molar-refractivity contribution in [2.75, 3.05) is 5.32 Å². The first-order chi connectivity index (χ1) is 9.38. The first kappa shape index (κ1) is 15.4. The van der Waals surface area contributed by atoms with E-state index < -0.39 is 24.1 Å². The topological polar surface area (TPSA) is 75.6 Å². The van der Waals surface area contributed by atoms with Gasteiger partial charge in [0.1, 0.15) is 6.10 Å². The summed E-state index contributed by atoms with van der Waals surface area (Å²) in [5.74, 6) is -1.57. The Kier molecular flexibility index (Phi) is 4.75. The Hall–Kier alpha value is -1.01. The van der Waals surface area contributed by atoms with E-state index in [-0.39, 0.29) is 22.2 Å². The fraction of sp³-hybridized carbons (Fsp3) is 0.333. The zero-order chi connectivity index (χ0) is 14.9. The molecule has 2 rings (SSSR count). The first-order valence-corrected chi connectivity index (χ1v) is 6.85. The Bertz CT molecular complexity index is 541. The van der Waals surface area contributed by atoms with Gasteiger partial charge in [0.2, 0.25) is 0 Å². The second-order valence-corrected chi connectivity index (χ2v) is 5.51. The van der Waals surface area contributed by atoms with Gasteiger partial charge in [0.15, 0.2) is 6.10 Å². The van der Waals surface area contributed by atoms with E-state index in [4.69, 9.17) is 44.6 Å². The molecule has 0 radical (unpaired) electrons. The molecule has 0 saturated carbocycles. The van der Waals surface area contributed by atoms with E-state index in [0.29, 0.717) is 11.4 Å². The Balaban J connectivity index is 2.08. The molecule has 8 heteroatoms. The fourth-order valence-electron chi connectivity index (χ4n) is 1.88. The number of nitrogens with one attached hydrogen (secondary N) is 1. The van der Waals surface area contributed by atoms with Crippen LogP contribution in [-0.4, -0.2) is 29.2 Å². The second kappa shape index (κ2) is 6.18. The fourth-order valence-corrected chi connectivity index (χ4v) is 2.79. The molecule has 0 aliphatic carbocycles. The van der Waals surface area contributed by atoms with Gasteiger partial charge < -0.3 is 15.2 Å². The van der Waals surface area contributed by atoms with Crippen molar-refractivity contribution in [2.45, 2.75) is 25.0 Å². The summed E-state index contributed by atoms with van der Waals surface area (Å²) >= 11 is 17.7. The SMILES string of the molecule is O=C(O)C1CCC(C(=O)Nc2c(Cl)cc(Cl)cc2Cl)O1. The van der Waals surface area contributed by atoms with Crippen LogP contribution < -0.4 is 5.32 Å². The molecule has 2 atom stereocenters. The number of anilines is 1. The van der Waals surface area contributed by atoms with Gasteiger partial charge >= 0.3 is 5.97 Å². The molecule has 5 nitrogen and oxygen atoms in total. The molecule has 1 saturated heterocycles. The number of hydrogen-bond donors (Lipinski definition) is 2. The molecule has 2 unspecified atom stereocenters. The van der Waals surface area contributed by atoms with Crippen LogP contribution >= 0.6 is 34.8 Å². The molecule has 0 spiro atoms. The predicted molar refractivity (Wildman–Crippen MR) is 75.6 cm³/mol. The highest BCUT2D eigenvalue weighted by Gasteiger charge is 2.35. The van der Waals surface area contributed by atoms with Gasteiger partial charge in [0.25, 0.3) is 5.91 Å². The third-order valence-corrected chi connectivity index (χ3v) is 3.66. The lowest BCUT2D eigenvalue weighted by Gasteiger charge is -2.14. The minimum absolute atomic E-state index is 0.198. The van der Waals surface area contributed by atoms with Crippen LogP contribution in [0.25, 0.3) is 0 Å². The van der Waals surface area contributed by atoms with E-state index in [9.17, 15) is 9.59 Å². The van der Waals surface area contributed by atoms with Crippen molar-refractivity contribution >= 4 is 52.4 Å². The number of ether oxygens (including phenoxy) is 1. The summed E-state index contributed by atoms with van der Waals surface area (Å²) in [4.78, 5) is 22.8. The Morgan fingerprint density at radius 2 is 1.70 bits per heavy atom. The maximum atomic E-state index is 12.0. The number of carbonyl (C=O) groups excluding carboxylic acids is 1. The van der Waals surface area contributed by atoms with Crippen LogP contribution in [0.5, 0.6) is 0 Å². The van der Waals surface area contributed by atoms with E-state index in [1.165, 1.54) is 12.1 Å². The molecule has 0 aromatic heterocycles. The molecule has 1 aromatic rings.